The number of nitrogens with zero attached hydrogens (tertiary/aromatic N) is 2. The van der Waals surface area contributed by atoms with Gasteiger partial charge in [0.15, 0.2) is 17.3 Å². The topological polar surface area (TPSA) is 101 Å². The largest absolute Gasteiger partial charge is 0.454 e. The van der Waals surface area contributed by atoms with Gasteiger partial charge < -0.3 is 29.5 Å². The number of Topliss-reactive ketones (excluding diaryl/α,β-unsaturated/α-hetero) is 1. The van der Waals surface area contributed by atoms with Crippen LogP contribution >= 0.6 is 0 Å². The number of piperazine rings is 1. The van der Waals surface area contributed by atoms with Crippen LogP contribution in [0.15, 0.2) is 12.1 Å². The number of nitrogens with one attached hydrogen (secondary N) is 1. The highest BCUT2D eigenvalue weighted by atomic mass is 16.7. The molecule has 9 heteroatoms. The fraction of sp³-hybridized carbons (Fsp3) is 0.600. The first-order valence-electron chi connectivity index (χ1n) is 9.72. The predicted molar refractivity (Wildman–Crippen MR) is 106 cm³/mol. The second kappa shape index (κ2) is 8.46. The van der Waals surface area contributed by atoms with E-state index >= 15 is 0 Å². The third-order valence-corrected chi connectivity index (χ3v) is 4.67. The fourth-order valence-corrected chi connectivity index (χ4v) is 3.26. The molecule has 1 fully saturated rings. The first-order valence-corrected chi connectivity index (χ1v) is 9.72. The summed E-state index contributed by atoms with van der Waals surface area (Å²) in [6, 6.07) is 3.29. The highest BCUT2D eigenvalue weighted by Crippen LogP contribution is 2.37. The van der Waals surface area contributed by atoms with E-state index in [9.17, 15) is 14.7 Å². The molecule has 1 amide bonds. The van der Waals surface area contributed by atoms with Crippen LogP contribution in [0.4, 0.5) is 10.5 Å². The zero-order chi connectivity index (χ0) is 21.2. The molecule has 160 valence electrons. The maximum Gasteiger partial charge on any atom is 0.410 e. The molecule has 0 aliphatic carbocycles. The van der Waals surface area contributed by atoms with Crippen molar-refractivity contribution in [3.8, 4) is 11.5 Å². The summed E-state index contributed by atoms with van der Waals surface area (Å²) in [7, 11) is 0. The Hall–Kier alpha value is -2.52. The fourth-order valence-electron chi connectivity index (χ4n) is 3.26. The molecular formula is C20H29N3O6. The summed E-state index contributed by atoms with van der Waals surface area (Å²) in [5.74, 6) is 0.924. The van der Waals surface area contributed by atoms with E-state index in [-0.39, 0.29) is 18.7 Å². The van der Waals surface area contributed by atoms with Gasteiger partial charge in [-0.2, -0.15) is 0 Å². The summed E-state index contributed by atoms with van der Waals surface area (Å²) in [4.78, 5) is 27.8. The molecule has 1 aromatic carbocycles. The molecule has 0 radical (unpaired) electrons. The number of aliphatic hydroxyl groups is 1. The van der Waals surface area contributed by atoms with Gasteiger partial charge in [-0.15, -0.1) is 0 Å². The zero-order valence-corrected chi connectivity index (χ0v) is 17.4. The molecule has 0 saturated carbocycles. The minimum absolute atomic E-state index is 0.112. The van der Waals surface area contributed by atoms with E-state index < -0.39 is 11.8 Å². The number of carbonyl (C=O) groups excluding carboxylic acids is 2. The van der Waals surface area contributed by atoms with Gasteiger partial charge in [-0.3, -0.25) is 9.69 Å². The van der Waals surface area contributed by atoms with Crippen LogP contribution in [0.5, 0.6) is 11.5 Å². The van der Waals surface area contributed by atoms with Crippen molar-refractivity contribution in [1.29, 1.82) is 0 Å². The van der Waals surface area contributed by atoms with Crippen LogP contribution in [0.2, 0.25) is 0 Å². The van der Waals surface area contributed by atoms with Crippen LogP contribution in [0.25, 0.3) is 0 Å². The number of anilines is 1. The zero-order valence-electron chi connectivity index (χ0n) is 17.4. The molecule has 9 nitrogen and oxygen atoms in total. The van der Waals surface area contributed by atoms with E-state index in [4.69, 9.17) is 14.2 Å². The molecule has 0 spiro atoms. The van der Waals surface area contributed by atoms with Gasteiger partial charge >= 0.3 is 6.09 Å². The average molecular weight is 407 g/mol. The lowest BCUT2D eigenvalue weighted by molar-refractivity contribution is 0.0113. The second-order valence-corrected chi connectivity index (χ2v) is 8.24. The molecule has 1 atom stereocenters. The van der Waals surface area contributed by atoms with E-state index in [0.717, 1.165) is 0 Å². The van der Waals surface area contributed by atoms with Crippen molar-refractivity contribution in [2.45, 2.75) is 39.5 Å². The lowest BCUT2D eigenvalue weighted by Gasteiger charge is -2.36. The van der Waals surface area contributed by atoms with Gasteiger partial charge in [0.25, 0.3) is 0 Å². The summed E-state index contributed by atoms with van der Waals surface area (Å²) in [6.07, 6.45) is -1.20. The van der Waals surface area contributed by atoms with Crippen LogP contribution in [-0.4, -0.2) is 78.1 Å². The van der Waals surface area contributed by atoms with Crippen molar-refractivity contribution in [2.75, 3.05) is 44.8 Å². The molecule has 0 bridgehead atoms. The van der Waals surface area contributed by atoms with Gasteiger partial charge in [0.1, 0.15) is 11.8 Å². The lowest BCUT2D eigenvalue weighted by Crippen LogP contribution is -2.52. The first kappa shape index (κ1) is 21.2. The molecule has 1 aromatic rings. The molecule has 3 rings (SSSR count). The van der Waals surface area contributed by atoms with E-state index in [1.165, 1.54) is 6.92 Å². The first-order chi connectivity index (χ1) is 13.6. The van der Waals surface area contributed by atoms with E-state index in [1.54, 1.807) is 17.0 Å². The van der Waals surface area contributed by atoms with Crippen molar-refractivity contribution in [2.24, 2.45) is 0 Å². The number of ether oxygens (including phenoxy) is 3. The average Bonchev–Trinajstić information content (AvgIpc) is 3.07. The smallest absolute Gasteiger partial charge is 0.410 e. The number of carbonyl (C=O) groups is 2. The van der Waals surface area contributed by atoms with Crippen molar-refractivity contribution in [1.82, 2.24) is 9.80 Å². The van der Waals surface area contributed by atoms with Crippen molar-refractivity contribution < 1.29 is 28.9 Å². The number of hydrogen-bond acceptors (Lipinski definition) is 8. The van der Waals surface area contributed by atoms with Crippen LogP contribution in [-0.2, 0) is 4.74 Å². The number of β-amino-alcohol motifs (C(OH)–C–C–N with tert-alkyl or cyclic N) is 1. The molecule has 0 aromatic heterocycles. The normalized spacial score (nSPS) is 17.8. The maximum atomic E-state index is 12.1. The van der Waals surface area contributed by atoms with E-state index in [1.807, 2.05) is 20.8 Å². The number of amides is 1. The van der Waals surface area contributed by atoms with Gasteiger partial charge in [-0.25, -0.2) is 4.79 Å². The molecule has 2 N–H and O–H groups in total. The van der Waals surface area contributed by atoms with Crippen LogP contribution in [0.1, 0.15) is 38.1 Å². The highest BCUT2D eigenvalue weighted by Gasteiger charge is 2.27. The number of aliphatic hydroxyl groups excluding tert-OH is 1. The standard InChI is InChI=1S/C20H29N3O6/c1-13(24)14-9-16-17(28-12-27-16)10-15(14)21-18(25)11-22-5-7-23(8-6-22)19(26)29-20(2,3)4/h9-10,18,21,25H,5-8,11-12H2,1-4H3. The Morgan fingerprint density at radius 3 is 2.38 bits per heavy atom. The predicted octanol–water partition coefficient (Wildman–Crippen LogP) is 1.90. The lowest BCUT2D eigenvalue weighted by atomic mass is 10.1. The van der Waals surface area contributed by atoms with Crippen LogP contribution in [0, 0.1) is 0 Å². The highest BCUT2D eigenvalue weighted by molar-refractivity contribution is 6.00. The molecule has 2 aliphatic rings. The summed E-state index contributed by atoms with van der Waals surface area (Å²) in [6.45, 7) is 9.77. The molecule has 29 heavy (non-hydrogen) atoms. The van der Waals surface area contributed by atoms with Crippen LogP contribution < -0.4 is 14.8 Å². The number of ketones is 1. The Kier molecular flexibility index (Phi) is 6.18. The summed E-state index contributed by atoms with van der Waals surface area (Å²) >= 11 is 0. The van der Waals surface area contributed by atoms with E-state index in [0.29, 0.717) is 55.5 Å². The summed E-state index contributed by atoms with van der Waals surface area (Å²) < 4.78 is 16.1. The monoisotopic (exact) mass is 407 g/mol. The summed E-state index contributed by atoms with van der Waals surface area (Å²) in [5, 5.41) is 13.5. The van der Waals surface area contributed by atoms with Crippen LogP contribution in [0.3, 0.4) is 0 Å². The number of rotatable bonds is 5. The quantitative estimate of drug-likeness (QED) is 0.564. The Morgan fingerprint density at radius 1 is 1.17 bits per heavy atom. The third kappa shape index (κ3) is 5.51. The molecule has 2 aliphatic heterocycles. The second-order valence-electron chi connectivity index (χ2n) is 8.24. The van der Waals surface area contributed by atoms with Gasteiger partial charge in [0, 0.05) is 44.4 Å². The van der Waals surface area contributed by atoms with Crippen molar-refractivity contribution in [3.05, 3.63) is 17.7 Å². The molecule has 2 heterocycles. The summed E-state index contributed by atoms with van der Waals surface area (Å²) in [5.41, 5.74) is 0.414. The number of hydrogen-bond donors (Lipinski definition) is 2. The maximum absolute atomic E-state index is 12.1. The van der Waals surface area contributed by atoms with Crippen molar-refractivity contribution in [3.63, 3.8) is 0 Å². The van der Waals surface area contributed by atoms with Gasteiger partial charge in [0.05, 0.1) is 5.69 Å². The minimum Gasteiger partial charge on any atom is -0.454 e. The van der Waals surface area contributed by atoms with Gasteiger partial charge in [-0.1, -0.05) is 0 Å². The molecular weight excluding hydrogens is 378 g/mol. The molecule has 1 unspecified atom stereocenters. The Labute approximate surface area is 170 Å². The number of fused-ring (bicyclic) bond motifs is 1. The third-order valence-electron chi connectivity index (χ3n) is 4.67. The van der Waals surface area contributed by atoms with E-state index in [2.05, 4.69) is 10.2 Å². The number of benzene rings is 1. The van der Waals surface area contributed by atoms with Gasteiger partial charge in [0.2, 0.25) is 6.79 Å². The Bertz CT molecular complexity index is 768. The Morgan fingerprint density at radius 2 is 1.79 bits per heavy atom. The Balaban J connectivity index is 1.54. The minimum atomic E-state index is -0.887. The van der Waals surface area contributed by atoms with Crippen molar-refractivity contribution >= 4 is 17.6 Å². The van der Waals surface area contributed by atoms with Gasteiger partial charge in [-0.05, 0) is 33.8 Å². The SMILES string of the molecule is CC(=O)c1cc2c(cc1NC(O)CN1CCN(C(=O)OC(C)(C)C)CC1)OCO2. The molecule has 1 saturated heterocycles.